The highest BCUT2D eigenvalue weighted by molar-refractivity contribution is 14.1. The number of fused-ring (bicyclic) bond motifs is 1. The number of hydrogen-bond acceptors (Lipinski definition) is 3. The van der Waals surface area contributed by atoms with Gasteiger partial charge in [-0.1, -0.05) is 18.2 Å². The molecule has 1 atom stereocenters. The number of benzene rings is 1. The number of aromatic nitrogens is 1. The molecular formula is C16H15F3IN3. The van der Waals surface area contributed by atoms with Crippen molar-refractivity contribution in [3.05, 3.63) is 48.2 Å². The lowest BCUT2D eigenvalue weighted by Crippen LogP contribution is -2.40. The predicted octanol–water partition coefficient (Wildman–Crippen LogP) is 5.19. The Morgan fingerprint density at radius 3 is 2.39 bits per heavy atom. The molecule has 1 unspecified atom stereocenters. The zero-order valence-electron chi connectivity index (χ0n) is 12.5. The van der Waals surface area contributed by atoms with Crippen LogP contribution in [0.15, 0.2) is 42.6 Å². The van der Waals surface area contributed by atoms with Gasteiger partial charge in [-0.15, -0.1) is 0 Å². The molecule has 0 spiro atoms. The molecule has 122 valence electrons. The molecule has 3 rings (SSSR count). The summed E-state index contributed by atoms with van der Waals surface area (Å²) in [6, 6.07) is 10.8. The maximum atomic E-state index is 13.0. The first-order chi connectivity index (χ1) is 10.8. The van der Waals surface area contributed by atoms with Crippen molar-refractivity contribution >= 4 is 39.8 Å². The monoisotopic (exact) mass is 433 g/mol. The van der Waals surface area contributed by atoms with E-state index >= 15 is 0 Å². The zero-order chi connectivity index (χ0) is 16.8. The van der Waals surface area contributed by atoms with Crippen molar-refractivity contribution in [1.29, 1.82) is 0 Å². The molecule has 0 N–H and O–H groups in total. The number of anilines is 3. The van der Waals surface area contributed by atoms with E-state index in [0.29, 0.717) is 11.5 Å². The van der Waals surface area contributed by atoms with Crippen molar-refractivity contribution in [2.45, 2.75) is 30.2 Å². The molecule has 1 aliphatic heterocycles. The van der Waals surface area contributed by atoms with E-state index in [9.17, 15) is 13.2 Å². The maximum Gasteiger partial charge on any atom is 0.417 e. The lowest BCUT2D eigenvalue weighted by molar-refractivity contribution is -0.137. The van der Waals surface area contributed by atoms with Crippen molar-refractivity contribution in [3.8, 4) is 0 Å². The van der Waals surface area contributed by atoms with Gasteiger partial charge in [0.1, 0.15) is 0 Å². The average Bonchev–Trinajstić information content (AvgIpc) is 2.78. The molecule has 1 aromatic carbocycles. The standard InChI is InChI=1S/C16H15F3IN3/c1-10(2)22-13-8-11(16(17,18)19)9-21-14(13)23(15(22)20)12-6-4-3-5-7-12/h3-10,15H,1-2H3. The summed E-state index contributed by atoms with van der Waals surface area (Å²) in [6.07, 6.45) is -3.49. The number of hydrogen-bond donors (Lipinski definition) is 0. The number of rotatable bonds is 2. The molecule has 0 amide bonds. The third kappa shape index (κ3) is 2.86. The highest BCUT2D eigenvalue weighted by Crippen LogP contribution is 2.47. The SMILES string of the molecule is CC(C)N1c2cc(C(F)(F)F)cnc2N(c2ccccc2)C1I. The summed E-state index contributed by atoms with van der Waals surface area (Å²) in [5.74, 6) is 0.553. The Labute approximate surface area is 146 Å². The Bertz CT molecular complexity index is 703. The van der Waals surface area contributed by atoms with Crippen molar-refractivity contribution < 1.29 is 13.2 Å². The van der Waals surface area contributed by atoms with Crippen LogP contribution in [0.3, 0.4) is 0 Å². The fourth-order valence-electron chi connectivity index (χ4n) is 2.67. The van der Waals surface area contributed by atoms with Crippen LogP contribution in [0, 0.1) is 0 Å². The Hall–Kier alpha value is -1.51. The average molecular weight is 433 g/mol. The maximum absolute atomic E-state index is 13.0. The quantitative estimate of drug-likeness (QED) is 0.370. The van der Waals surface area contributed by atoms with E-state index in [4.69, 9.17) is 0 Å². The number of para-hydroxylation sites is 1. The fraction of sp³-hybridized carbons (Fsp3) is 0.312. The van der Waals surface area contributed by atoms with Gasteiger partial charge in [0.2, 0.25) is 0 Å². The van der Waals surface area contributed by atoms with Gasteiger partial charge < -0.3 is 4.90 Å². The molecule has 1 aliphatic rings. The van der Waals surface area contributed by atoms with Crippen LogP contribution in [-0.4, -0.2) is 15.2 Å². The second kappa shape index (κ2) is 5.85. The minimum atomic E-state index is -4.40. The predicted molar refractivity (Wildman–Crippen MR) is 93.2 cm³/mol. The molecule has 0 aliphatic carbocycles. The molecule has 0 bridgehead atoms. The summed E-state index contributed by atoms with van der Waals surface area (Å²) < 4.78 is 38.9. The molecule has 3 nitrogen and oxygen atoms in total. The molecule has 2 heterocycles. The van der Waals surface area contributed by atoms with Gasteiger partial charge in [0.15, 0.2) is 9.99 Å². The number of nitrogens with zero attached hydrogens (tertiary/aromatic N) is 3. The third-order valence-corrected chi connectivity index (χ3v) is 4.87. The van der Waals surface area contributed by atoms with Crippen molar-refractivity contribution in [2.24, 2.45) is 0 Å². The number of alkyl halides is 4. The smallest absolute Gasteiger partial charge is 0.337 e. The summed E-state index contributed by atoms with van der Waals surface area (Å²) in [4.78, 5) is 8.03. The van der Waals surface area contributed by atoms with Crippen LogP contribution in [0.4, 0.5) is 30.4 Å². The second-order valence-electron chi connectivity index (χ2n) is 5.58. The Balaban J connectivity index is 2.15. The van der Waals surface area contributed by atoms with Crippen LogP contribution in [0.25, 0.3) is 0 Å². The van der Waals surface area contributed by atoms with Crippen LogP contribution in [0.2, 0.25) is 0 Å². The van der Waals surface area contributed by atoms with Crippen LogP contribution >= 0.6 is 22.6 Å². The number of pyridine rings is 1. The molecule has 7 heteroatoms. The first kappa shape index (κ1) is 16.4. The van der Waals surface area contributed by atoms with Crippen molar-refractivity contribution in [3.63, 3.8) is 0 Å². The van der Waals surface area contributed by atoms with Crippen LogP contribution in [0.1, 0.15) is 19.4 Å². The van der Waals surface area contributed by atoms with Gasteiger partial charge in [-0.05, 0) is 54.6 Å². The summed E-state index contributed by atoms with van der Waals surface area (Å²) in [5.41, 5.74) is 0.696. The molecule has 23 heavy (non-hydrogen) atoms. The minimum absolute atomic E-state index is 0.0506. The van der Waals surface area contributed by atoms with Gasteiger partial charge >= 0.3 is 6.18 Å². The van der Waals surface area contributed by atoms with E-state index in [1.807, 2.05) is 54.0 Å². The molecule has 0 radical (unpaired) electrons. The van der Waals surface area contributed by atoms with Gasteiger partial charge in [-0.2, -0.15) is 13.2 Å². The Morgan fingerprint density at radius 1 is 1.17 bits per heavy atom. The Morgan fingerprint density at radius 2 is 1.83 bits per heavy atom. The third-order valence-electron chi connectivity index (χ3n) is 3.71. The van der Waals surface area contributed by atoms with Crippen LogP contribution in [0.5, 0.6) is 0 Å². The zero-order valence-corrected chi connectivity index (χ0v) is 14.7. The summed E-state index contributed by atoms with van der Waals surface area (Å²) in [6.45, 7) is 3.92. The topological polar surface area (TPSA) is 19.4 Å². The summed E-state index contributed by atoms with van der Waals surface area (Å²) in [5, 5.41) is 0. The van der Waals surface area contributed by atoms with E-state index in [0.717, 1.165) is 11.9 Å². The van der Waals surface area contributed by atoms with Gasteiger partial charge in [0, 0.05) is 17.9 Å². The van der Waals surface area contributed by atoms with Crippen LogP contribution < -0.4 is 9.80 Å². The van der Waals surface area contributed by atoms with E-state index < -0.39 is 11.7 Å². The first-order valence-electron chi connectivity index (χ1n) is 7.14. The highest BCUT2D eigenvalue weighted by atomic mass is 127. The largest absolute Gasteiger partial charge is 0.417 e. The van der Waals surface area contributed by atoms with E-state index in [-0.39, 0.29) is 10.2 Å². The first-order valence-corrected chi connectivity index (χ1v) is 8.39. The molecule has 0 saturated heterocycles. The Kier molecular flexibility index (Phi) is 4.16. The van der Waals surface area contributed by atoms with Gasteiger partial charge in [0.05, 0.1) is 11.3 Å². The highest BCUT2D eigenvalue weighted by Gasteiger charge is 2.40. The normalized spacial score (nSPS) is 17.8. The van der Waals surface area contributed by atoms with Crippen LogP contribution in [-0.2, 0) is 6.18 Å². The number of halogens is 4. The van der Waals surface area contributed by atoms with Gasteiger partial charge in [0.25, 0.3) is 0 Å². The summed E-state index contributed by atoms with van der Waals surface area (Å²) >= 11 is 2.23. The second-order valence-corrected chi connectivity index (χ2v) is 6.70. The lowest BCUT2D eigenvalue weighted by Gasteiger charge is -2.31. The van der Waals surface area contributed by atoms with E-state index in [1.165, 1.54) is 6.07 Å². The molecule has 0 saturated carbocycles. The molecule has 2 aromatic rings. The van der Waals surface area contributed by atoms with Gasteiger partial charge in [-0.25, -0.2) is 4.98 Å². The van der Waals surface area contributed by atoms with Crippen molar-refractivity contribution in [2.75, 3.05) is 9.80 Å². The minimum Gasteiger partial charge on any atom is -0.337 e. The van der Waals surface area contributed by atoms with Crippen molar-refractivity contribution in [1.82, 2.24) is 4.98 Å². The molecular weight excluding hydrogens is 418 g/mol. The molecule has 1 aromatic heterocycles. The summed E-state index contributed by atoms with van der Waals surface area (Å²) in [7, 11) is 0. The molecule has 0 fully saturated rings. The lowest BCUT2D eigenvalue weighted by atomic mass is 10.2. The van der Waals surface area contributed by atoms with E-state index in [1.54, 1.807) is 0 Å². The van der Waals surface area contributed by atoms with Gasteiger partial charge in [-0.3, -0.25) is 4.90 Å². The van der Waals surface area contributed by atoms with E-state index in [2.05, 4.69) is 27.6 Å². The fourth-order valence-corrected chi connectivity index (χ4v) is 4.20.